The number of aliphatic hydroxyl groups is 1. The van der Waals surface area contributed by atoms with Crippen LogP contribution in [0.4, 0.5) is 0 Å². The van der Waals surface area contributed by atoms with Crippen LogP contribution < -0.4 is 0 Å². The van der Waals surface area contributed by atoms with Gasteiger partial charge in [-0.15, -0.1) is 0 Å². The highest BCUT2D eigenvalue weighted by Crippen LogP contribution is 2.26. The van der Waals surface area contributed by atoms with Crippen molar-refractivity contribution >= 4 is 16.8 Å². The van der Waals surface area contributed by atoms with Crippen molar-refractivity contribution in [1.82, 2.24) is 9.88 Å². The number of amides is 1. The van der Waals surface area contributed by atoms with Gasteiger partial charge in [0.2, 0.25) is 0 Å². The van der Waals surface area contributed by atoms with Gasteiger partial charge in [-0.1, -0.05) is 25.1 Å². The monoisotopic (exact) mass is 362 g/mol. The van der Waals surface area contributed by atoms with E-state index in [-0.39, 0.29) is 12.5 Å². The number of aromatic nitrogens is 1. The average molecular weight is 362 g/mol. The Morgan fingerprint density at radius 3 is 2.52 bits per heavy atom. The van der Waals surface area contributed by atoms with Gasteiger partial charge in [-0.25, -0.2) is 4.98 Å². The smallest absolute Gasteiger partial charge is 0.253 e. The van der Waals surface area contributed by atoms with Crippen LogP contribution in [0.15, 0.2) is 48.5 Å². The lowest BCUT2D eigenvalue weighted by atomic mass is 10.0. The van der Waals surface area contributed by atoms with Gasteiger partial charge in [0.1, 0.15) is 0 Å². The molecule has 27 heavy (non-hydrogen) atoms. The van der Waals surface area contributed by atoms with Crippen LogP contribution in [0.1, 0.15) is 34.8 Å². The van der Waals surface area contributed by atoms with E-state index in [4.69, 9.17) is 10.1 Å². The fourth-order valence-electron chi connectivity index (χ4n) is 3.22. The first-order valence-electron chi connectivity index (χ1n) is 9.40. The van der Waals surface area contributed by atoms with E-state index in [2.05, 4.69) is 38.1 Å². The summed E-state index contributed by atoms with van der Waals surface area (Å²) in [6.07, 6.45) is 1.60. The van der Waals surface area contributed by atoms with Crippen LogP contribution in [0.2, 0.25) is 0 Å². The van der Waals surface area contributed by atoms with Crippen LogP contribution in [-0.4, -0.2) is 41.1 Å². The number of aryl methyl sites for hydroxylation is 2. The summed E-state index contributed by atoms with van der Waals surface area (Å²) in [5.41, 5.74) is 6.06. The van der Waals surface area contributed by atoms with Crippen molar-refractivity contribution in [3.8, 4) is 11.3 Å². The first kappa shape index (κ1) is 19.1. The molecule has 0 bridgehead atoms. The van der Waals surface area contributed by atoms with E-state index in [1.807, 2.05) is 24.3 Å². The summed E-state index contributed by atoms with van der Waals surface area (Å²) in [6, 6.07) is 16.1. The number of carbonyl (C=O) groups is 1. The van der Waals surface area contributed by atoms with E-state index in [9.17, 15) is 4.79 Å². The van der Waals surface area contributed by atoms with Crippen molar-refractivity contribution in [3.05, 3.63) is 65.2 Å². The van der Waals surface area contributed by atoms with E-state index in [1.54, 1.807) is 11.9 Å². The van der Waals surface area contributed by atoms with Gasteiger partial charge in [-0.3, -0.25) is 4.79 Å². The van der Waals surface area contributed by atoms with Gasteiger partial charge in [0.15, 0.2) is 0 Å². The number of aliphatic hydroxyl groups excluding tert-OH is 1. The van der Waals surface area contributed by atoms with Crippen LogP contribution in [0, 0.1) is 6.92 Å². The second-order valence-electron chi connectivity index (χ2n) is 6.91. The highest BCUT2D eigenvalue weighted by atomic mass is 16.3. The lowest BCUT2D eigenvalue weighted by Crippen LogP contribution is -2.28. The SMILES string of the molecule is CCc1ccc2nc(-c3ccc(C(=O)N(C)CCCO)cc3)cc(C)c2c1. The Kier molecular flexibility index (Phi) is 5.87. The molecule has 0 aliphatic carbocycles. The minimum absolute atomic E-state index is 0.0373. The van der Waals surface area contributed by atoms with Crippen molar-refractivity contribution < 1.29 is 9.90 Å². The predicted molar refractivity (Wildman–Crippen MR) is 110 cm³/mol. The van der Waals surface area contributed by atoms with Crippen molar-refractivity contribution in [3.63, 3.8) is 0 Å². The fourth-order valence-corrected chi connectivity index (χ4v) is 3.22. The highest BCUT2D eigenvalue weighted by Gasteiger charge is 2.12. The molecule has 1 aromatic heterocycles. The lowest BCUT2D eigenvalue weighted by molar-refractivity contribution is 0.0786. The molecule has 0 spiro atoms. The zero-order chi connectivity index (χ0) is 19.4. The highest BCUT2D eigenvalue weighted by molar-refractivity contribution is 5.94. The Bertz CT molecular complexity index is 948. The Hall–Kier alpha value is -2.72. The Morgan fingerprint density at radius 1 is 1.11 bits per heavy atom. The minimum Gasteiger partial charge on any atom is -0.396 e. The Morgan fingerprint density at radius 2 is 1.85 bits per heavy atom. The summed E-state index contributed by atoms with van der Waals surface area (Å²) in [7, 11) is 1.75. The molecule has 3 rings (SSSR count). The number of nitrogens with zero attached hydrogens (tertiary/aromatic N) is 2. The minimum atomic E-state index is -0.0373. The zero-order valence-electron chi connectivity index (χ0n) is 16.2. The van der Waals surface area contributed by atoms with Gasteiger partial charge in [0.05, 0.1) is 11.2 Å². The Balaban J connectivity index is 1.87. The van der Waals surface area contributed by atoms with E-state index in [0.29, 0.717) is 18.5 Å². The van der Waals surface area contributed by atoms with Crippen molar-refractivity contribution in [2.24, 2.45) is 0 Å². The average Bonchev–Trinajstić information content (AvgIpc) is 2.71. The number of rotatable bonds is 6. The fraction of sp³-hybridized carbons (Fsp3) is 0.304. The van der Waals surface area contributed by atoms with Crippen LogP contribution in [-0.2, 0) is 6.42 Å². The van der Waals surface area contributed by atoms with E-state index < -0.39 is 0 Å². The number of hydrogen-bond acceptors (Lipinski definition) is 3. The molecule has 1 heterocycles. The maximum absolute atomic E-state index is 12.4. The van der Waals surface area contributed by atoms with Gasteiger partial charge in [0, 0.05) is 36.7 Å². The lowest BCUT2D eigenvalue weighted by Gasteiger charge is -2.16. The molecular weight excluding hydrogens is 336 g/mol. The number of pyridine rings is 1. The van der Waals surface area contributed by atoms with Crippen LogP contribution in [0.5, 0.6) is 0 Å². The van der Waals surface area contributed by atoms with Crippen LogP contribution in [0.3, 0.4) is 0 Å². The maximum Gasteiger partial charge on any atom is 0.253 e. The van der Waals surface area contributed by atoms with Gasteiger partial charge in [0.25, 0.3) is 5.91 Å². The molecule has 140 valence electrons. The molecule has 2 aromatic carbocycles. The quantitative estimate of drug-likeness (QED) is 0.714. The summed E-state index contributed by atoms with van der Waals surface area (Å²) in [5.74, 6) is -0.0373. The molecule has 4 heteroatoms. The Labute approximate surface area is 160 Å². The third kappa shape index (κ3) is 4.17. The molecule has 4 nitrogen and oxygen atoms in total. The normalized spacial score (nSPS) is 11.0. The number of carbonyl (C=O) groups excluding carboxylic acids is 1. The molecule has 0 atom stereocenters. The van der Waals surface area contributed by atoms with Crippen molar-refractivity contribution in [1.29, 1.82) is 0 Å². The van der Waals surface area contributed by atoms with Crippen LogP contribution >= 0.6 is 0 Å². The van der Waals surface area contributed by atoms with E-state index in [0.717, 1.165) is 23.2 Å². The number of fused-ring (bicyclic) bond motifs is 1. The summed E-state index contributed by atoms with van der Waals surface area (Å²) in [5, 5.41) is 10.1. The third-order valence-corrected chi connectivity index (χ3v) is 4.91. The molecule has 0 saturated heterocycles. The predicted octanol–water partition coefficient (Wildman–Crippen LogP) is 4.23. The number of hydrogen-bond donors (Lipinski definition) is 1. The molecule has 1 amide bonds. The molecular formula is C23H26N2O2. The van der Waals surface area contributed by atoms with Gasteiger partial charge < -0.3 is 10.0 Å². The van der Waals surface area contributed by atoms with Gasteiger partial charge in [-0.2, -0.15) is 0 Å². The maximum atomic E-state index is 12.4. The summed E-state index contributed by atoms with van der Waals surface area (Å²) in [4.78, 5) is 18.9. The second-order valence-corrected chi connectivity index (χ2v) is 6.91. The first-order chi connectivity index (χ1) is 13.0. The molecule has 0 unspecified atom stereocenters. The zero-order valence-corrected chi connectivity index (χ0v) is 16.2. The molecule has 0 aliphatic rings. The molecule has 1 N–H and O–H groups in total. The summed E-state index contributed by atoms with van der Waals surface area (Å²) < 4.78 is 0. The molecule has 3 aromatic rings. The second kappa shape index (κ2) is 8.31. The molecule has 0 fully saturated rings. The molecule has 0 radical (unpaired) electrons. The largest absolute Gasteiger partial charge is 0.396 e. The van der Waals surface area contributed by atoms with Crippen LogP contribution in [0.25, 0.3) is 22.2 Å². The van der Waals surface area contributed by atoms with E-state index in [1.165, 1.54) is 16.5 Å². The third-order valence-electron chi connectivity index (χ3n) is 4.91. The van der Waals surface area contributed by atoms with Gasteiger partial charge in [-0.05, 0) is 61.2 Å². The number of benzene rings is 2. The molecule has 0 aliphatic heterocycles. The van der Waals surface area contributed by atoms with Crippen molar-refractivity contribution in [2.45, 2.75) is 26.7 Å². The topological polar surface area (TPSA) is 53.4 Å². The summed E-state index contributed by atoms with van der Waals surface area (Å²) >= 11 is 0. The first-order valence-corrected chi connectivity index (χ1v) is 9.40. The molecule has 0 saturated carbocycles. The standard InChI is InChI=1S/C23H26N2O2/c1-4-17-6-11-21-20(15-17)16(2)14-22(24-21)18-7-9-19(10-8-18)23(27)25(3)12-5-13-26/h6-11,14-15,26H,4-5,12-13H2,1-3H3. The summed E-state index contributed by atoms with van der Waals surface area (Å²) in [6.45, 7) is 4.90. The van der Waals surface area contributed by atoms with Gasteiger partial charge >= 0.3 is 0 Å². The van der Waals surface area contributed by atoms with Crippen molar-refractivity contribution in [2.75, 3.05) is 20.2 Å². The van der Waals surface area contributed by atoms with E-state index >= 15 is 0 Å².